The summed E-state index contributed by atoms with van der Waals surface area (Å²) in [6.07, 6.45) is 0.658. The summed E-state index contributed by atoms with van der Waals surface area (Å²) in [6, 6.07) is 4.96. The van der Waals surface area contributed by atoms with Crippen LogP contribution >= 0.6 is 23.4 Å². The molecule has 3 N–H and O–H groups in total. The Morgan fingerprint density at radius 3 is 2.66 bits per heavy atom. The predicted molar refractivity (Wildman–Crippen MR) is 128 cm³/mol. The van der Waals surface area contributed by atoms with E-state index in [0.29, 0.717) is 22.0 Å². The van der Waals surface area contributed by atoms with Gasteiger partial charge in [0.15, 0.2) is 5.16 Å². The van der Waals surface area contributed by atoms with E-state index in [1.165, 1.54) is 13.2 Å². The molecular formula is C22H30ClN5O3S. The van der Waals surface area contributed by atoms with Crippen LogP contribution in [-0.4, -0.2) is 72.5 Å². The smallest absolute Gasteiger partial charge is 0.255 e. The molecule has 2 aromatic rings. The number of amides is 1. The molecule has 1 aromatic heterocycles. The zero-order valence-electron chi connectivity index (χ0n) is 18.9. The second kappa shape index (κ2) is 11.2. The summed E-state index contributed by atoms with van der Waals surface area (Å²) >= 11 is 7.77. The van der Waals surface area contributed by atoms with Crippen LogP contribution in [0.1, 0.15) is 28.2 Å². The highest BCUT2D eigenvalue weighted by Gasteiger charge is 2.31. The molecule has 0 spiro atoms. The number of nitrogens with two attached hydrogens (primary N) is 1. The fourth-order valence-corrected chi connectivity index (χ4v) is 4.89. The Labute approximate surface area is 198 Å². The third kappa shape index (κ3) is 6.25. The predicted octanol–water partition coefficient (Wildman–Crippen LogP) is 2.95. The zero-order chi connectivity index (χ0) is 23.3. The van der Waals surface area contributed by atoms with Gasteiger partial charge in [-0.3, -0.25) is 9.69 Å². The minimum atomic E-state index is -0.258. The Morgan fingerprint density at radius 2 is 2.00 bits per heavy atom. The number of piperidine rings is 1. The summed E-state index contributed by atoms with van der Waals surface area (Å²) in [6.45, 7) is 6.45. The van der Waals surface area contributed by atoms with Crippen LogP contribution in [0, 0.1) is 13.8 Å². The number of hydrogen-bond acceptors (Lipinski definition) is 8. The Kier molecular flexibility index (Phi) is 8.58. The van der Waals surface area contributed by atoms with Gasteiger partial charge in [-0.15, -0.1) is 0 Å². The third-order valence-electron chi connectivity index (χ3n) is 5.43. The maximum absolute atomic E-state index is 12.9. The number of hydrogen-bond donors (Lipinski definition) is 2. The number of rotatable bonds is 8. The van der Waals surface area contributed by atoms with Crippen LogP contribution in [0.2, 0.25) is 5.02 Å². The lowest BCUT2D eigenvalue weighted by molar-refractivity contribution is 0.00833. The van der Waals surface area contributed by atoms with Crippen LogP contribution < -0.4 is 15.8 Å². The van der Waals surface area contributed by atoms with Crippen molar-refractivity contribution in [2.75, 3.05) is 45.3 Å². The van der Waals surface area contributed by atoms with Crippen molar-refractivity contribution < 1.29 is 14.3 Å². The molecule has 10 heteroatoms. The van der Waals surface area contributed by atoms with Crippen molar-refractivity contribution in [1.82, 2.24) is 20.2 Å². The van der Waals surface area contributed by atoms with Gasteiger partial charge >= 0.3 is 0 Å². The van der Waals surface area contributed by atoms with Gasteiger partial charge in [-0.2, -0.15) is 0 Å². The Morgan fingerprint density at radius 1 is 1.28 bits per heavy atom. The largest absolute Gasteiger partial charge is 0.496 e. The van der Waals surface area contributed by atoms with E-state index in [2.05, 4.69) is 20.2 Å². The molecular weight excluding hydrogens is 450 g/mol. The lowest BCUT2D eigenvalue weighted by Crippen LogP contribution is -2.55. The van der Waals surface area contributed by atoms with Crippen molar-refractivity contribution in [2.24, 2.45) is 0 Å². The molecule has 0 saturated carbocycles. The monoisotopic (exact) mass is 479 g/mol. The van der Waals surface area contributed by atoms with Gasteiger partial charge in [0.1, 0.15) is 5.75 Å². The highest BCUT2D eigenvalue weighted by Crippen LogP contribution is 2.29. The number of thioether (sulfide) groups is 1. The van der Waals surface area contributed by atoms with E-state index < -0.39 is 0 Å². The van der Waals surface area contributed by atoms with Crippen LogP contribution in [0.4, 0.5) is 5.69 Å². The van der Waals surface area contributed by atoms with Crippen molar-refractivity contribution in [3.05, 3.63) is 40.2 Å². The minimum absolute atomic E-state index is 0.111. The number of benzene rings is 1. The molecule has 174 valence electrons. The Bertz CT molecular complexity index is 941. The van der Waals surface area contributed by atoms with Gasteiger partial charge in [-0.25, -0.2) is 9.97 Å². The van der Waals surface area contributed by atoms with Crippen molar-refractivity contribution in [3.63, 3.8) is 0 Å². The first-order chi connectivity index (χ1) is 15.3. The van der Waals surface area contributed by atoms with Crippen LogP contribution in [-0.2, 0) is 4.74 Å². The van der Waals surface area contributed by atoms with E-state index in [-0.39, 0.29) is 18.1 Å². The number of nitrogens with one attached hydrogen (secondary N) is 1. The molecule has 3 rings (SSSR count). The quantitative estimate of drug-likeness (QED) is 0.338. The highest BCUT2D eigenvalue weighted by molar-refractivity contribution is 7.99. The van der Waals surface area contributed by atoms with E-state index >= 15 is 0 Å². The number of carbonyl (C=O) groups is 1. The summed E-state index contributed by atoms with van der Waals surface area (Å²) in [5.74, 6) is 1.02. The normalized spacial score (nSPS) is 19.0. The standard InChI is InChI=1S/C22H30ClN5O3S/c1-13-9-14(2)26-22(25-13)32-8-7-28-6-5-18(20(12-28)31-4)27-21(29)15-10-16(23)17(24)11-19(15)30-3/h9-11,18,20H,5-8,12,24H2,1-4H3,(H,27,29)/t18-,20+/m1/s1. The summed E-state index contributed by atoms with van der Waals surface area (Å²) in [7, 11) is 3.17. The highest BCUT2D eigenvalue weighted by atomic mass is 35.5. The van der Waals surface area contributed by atoms with E-state index in [4.69, 9.17) is 26.8 Å². The second-order valence-electron chi connectivity index (χ2n) is 7.80. The number of nitrogen functional groups attached to an aromatic ring is 1. The number of halogens is 1. The van der Waals surface area contributed by atoms with Gasteiger partial charge in [-0.1, -0.05) is 23.4 Å². The number of nitrogens with zero attached hydrogens (tertiary/aromatic N) is 3. The van der Waals surface area contributed by atoms with Crippen molar-refractivity contribution in [2.45, 2.75) is 37.6 Å². The molecule has 2 heterocycles. The molecule has 32 heavy (non-hydrogen) atoms. The Hall–Kier alpha value is -2.07. The van der Waals surface area contributed by atoms with Gasteiger partial charge < -0.3 is 20.5 Å². The first-order valence-electron chi connectivity index (χ1n) is 10.4. The summed E-state index contributed by atoms with van der Waals surface area (Å²) in [5.41, 5.74) is 8.51. The van der Waals surface area contributed by atoms with Gasteiger partial charge in [0.05, 0.1) is 35.5 Å². The summed E-state index contributed by atoms with van der Waals surface area (Å²) in [4.78, 5) is 24.2. The summed E-state index contributed by atoms with van der Waals surface area (Å²) in [5, 5.41) is 4.21. The molecule has 0 unspecified atom stereocenters. The lowest BCUT2D eigenvalue weighted by atomic mass is 10.0. The molecule has 2 atom stereocenters. The van der Waals surface area contributed by atoms with E-state index in [0.717, 1.165) is 48.4 Å². The minimum Gasteiger partial charge on any atom is -0.496 e. The average Bonchev–Trinajstić information content (AvgIpc) is 2.75. The molecule has 8 nitrogen and oxygen atoms in total. The van der Waals surface area contributed by atoms with E-state index in [1.54, 1.807) is 24.9 Å². The molecule has 0 bridgehead atoms. The van der Waals surface area contributed by atoms with Crippen LogP contribution in [0.3, 0.4) is 0 Å². The molecule has 1 saturated heterocycles. The molecule has 0 radical (unpaired) electrons. The number of ether oxygens (including phenoxy) is 2. The molecule has 1 aromatic carbocycles. The third-order valence-corrected chi connectivity index (χ3v) is 6.58. The van der Waals surface area contributed by atoms with Crippen molar-refractivity contribution >= 4 is 35.0 Å². The number of aromatic nitrogens is 2. The second-order valence-corrected chi connectivity index (χ2v) is 9.27. The van der Waals surface area contributed by atoms with E-state index in [1.807, 2.05) is 19.9 Å². The van der Waals surface area contributed by atoms with Gasteiger partial charge in [-0.05, 0) is 32.4 Å². The maximum Gasteiger partial charge on any atom is 0.255 e. The van der Waals surface area contributed by atoms with Gasteiger partial charge in [0.2, 0.25) is 0 Å². The molecule has 1 fully saturated rings. The topological polar surface area (TPSA) is 103 Å². The van der Waals surface area contributed by atoms with Crippen LogP contribution in [0.15, 0.2) is 23.4 Å². The fraction of sp³-hybridized carbons (Fsp3) is 0.500. The number of methoxy groups -OCH3 is 2. The first kappa shape index (κ1) is 24.6. The Balaban J connectivity index is 1.55. The van der Waals surface area contributed by atoms with Crippen molar-refractivity contribution in [1.29, 1.82) is 0 Å². The lowest BCUT2D eigenvalue weighted by Gasteiger charge is -2.38. The number of likely N-dealkylation sites (tertiary alicyclic amines) is 1. The van der Waals surface area contributed by atoms with Crippen molar-refractivity contribution in [3.8, 4) is 5.75 Å². The first-order valence-corrected chi connectivity index (χ1v) is 11.8. The maximum atomic E-state index is 12.9. The molecule has 0 aliphatic carbocycles. The SMILES string of the molecule is COc1cc(N)c(Cl)cc1C(=O)N[C@@H]1CCN(CCSc2nc(C)cc(C)n2)C[C@@H]1OC. The molecule has 1 aliphatic heterocycles. The number of anilines is 1. The molecule has 1 aliphatic rings. The molecule has 1 amide bonds. The number of carbonyl (C=O) groups excluding carboxylic acids is 1. The van der Waals surface area contributed by atoms with Crippen LogP contribution in [0.5, 0.6) is 5.75 Å². The number of aryl methyl sites for hydroxylation is 2. The zero-order valence-corrected chi connectivity index (χ0v) is 20.4. The average molecular weight is 480 g/mol. The van der Waals surface area contributed by atoms with Gasteiger partial charge in [0.25, 0.3) is 5.91 Å². The van der Waals surface area contributed by atoms with Gasteiger partial charge in [0, 0.05) is 50.0 Å². The van der Waals surface area contributed by atoms with Crippen LogP contribution in [0.25, 0.3) is 0 Å². The summed E-state index contributed by atoms with van der Waals surface area (Å²) < 4.78 is 11.0. The van der Waals surface area contributed by atoms with E-state index in [9.17, 15) is 4.79 Å². The fourth-order valence-electron chi connectivity index (χ4n) is 3.77.